The summed E-state index contributed by atoms with van der Waals surface area (Å²) in [6.45, 7) is 7.77. The first-order chi connectivity index (χ1) is 27.2. The molecule has 0 saturated heterocycles. The lowest BCUT2D eigenvalue weighted by Crippen LogP contribution is -2.23. The highest BCUT2D eigenvalue weighted by Crippen LogP contribution is 2.19. The van der Waals surface area contributed by atoms with Gasteiger partial charge in [0, 0.05) is 0 Å². The number of hydrogen-bond donors (Lipinski definition) is 0. The molecule has 0 N–H and O–H groups in total. The van der Waals surface area contributed by atoms with Gasteiger partial charge in [-0.15, -0.1) is 0 Å². The van der Waals surface area contributed by atoms with Crippen molar-refractivity contribution in [2.75, 3.05) is 13.2 Å². The minimum absolute atomic E-state index is 0.141. The van der Waals surface area contributed by atoms with Gasteiger partial charge in [-0.25, -0.2) is 0 Å². The fourth-order valence-corrected chi connectivity index (χ4v) is 7.74. The smallest absolute Gasteiger partial charge is 0.309 e. The monoisotopic (exact) mass is 775 g/mol. The first-order valence-electron chi connectivity index (χ1n) is 25.1. The van der Waals surface area contributed by atoms with Gasteiger partial charge in [0.05, 0.1) is 25.6 Å². The van der Waals surface area contributed by atoms with E-state index in [4.69, 9.17) is 9.47 Å². The van der Waals surface area contributed by atoms with Gasteiger partial charge < -0.3 is 9.47 Å². The molecule has 4 nitrogen and oxygen atoms in total. The van der Waals surface area contributed by atoms with Gasteiger partial charge in [0.25, 0.3) is 0 Å². The molecule has 0 aliphatic rings. The number of carbonyl (C=O) groups excluding carboxylic acids is 2. The van der Waals surface area contributed by atoms with Gasteiger partial charge in [0.2, 0.25) is 0 Å². The molecule has 0 radical (unpaired) electrons. The summed E-state index contributed by atoms with van der Waals surface area (Å²) in [6, 6.07) is 0. The van der Waals surface area contributed by atoms with Crippen LogP contribution in [0.3, 0.4) is 0 Å². The highest BCUT2D eigenvalue weighted by molar-refractivity contribution is 5.80. The number of hydrogen-bond acceptors (Lipinski definition) is 4. The molecule has 55 heavy (non-hydrogen) atoms. The summed E-state index contributed by atoms with van der Waals surface area (Å²) in [5.41, 5.74) is 0. The van der Waals surface area contributed by atoms with Crippen LogP contribution < -0.4 is 0 Å². The molecule has 1 atom stereocenters. The molecule has 0 bridgehead atoms. The van der Waals surface area contributed by atoms with E-state index in [9.17, 15) is 9.59 Å². The fraction of sp³-hybridized carbons (Fsp3) is 0.922. The molecule has 0 aromatic heterocycles. The molecule has 0 fully saturated rings. The van der Waals surface area contributed by atoms with E-state index in [-0.39, 0.29) is 18.4 Å². The van der Waals surface area contributed by atoms with Gasteiger partial charge >= 0.3 is 11.9 Å². The molecule has 0 rings (SSSR count). The zero-order chi connectivity index (χ0) is 40.0. The fourth-order valence-electron chi connectivity index (χ4n) is 7.74. The highest BCUT2D eigenvalue weighted by Gasteiger charge is 2.23. The van der Waals surface area contributed by atoms with Gasteiger partial charge in [-0.1, -0.05) is 251 Å². The van der Waals surface area contributed by atoms with Crippen molar-refractivity contribution in [2.45, 2.75) is 284 Å². The summed E-state index contributed by atoms with van der Waals surface area (Å²) in [6.07, 6.45) is 56.1. The molecule has 0 aromatic carbocycles. The molecule has 0 aliphatic carbocycles. The number of esters is 2. The van der Waals surface area contributed by atoms with Crippen LogP contribution in [-0.4, -0.2) is 25.2 Å². The van der Waals surface area contributed by atoms with Gasteiger partial charge in [-0.05, 0) is 38.5 Å². The average Bonchev–Trinajstić information content (AvgIpc) is 3.19. The van der Waals surface area contributed by atoms with E-state index in [0.29, 0.717) is 19.6 Å². The summed E-state index contributed by atoms with van der Waals surface area (Å²) < 4.78 is 11.3. The van der Waals surface area contributed by atoms with E-state index in [0.717, 1.165) is 38.5 Å². The Hall–Kier alpha value is -1.32. The van der Waals surface area contributed by atoms with Gasteiger partial charge in [0.1, 0.15) is 0 Å². The maximum Gasteiger partial charge on any atom is 0.309 e. The Labute approximate surface area is 345 Å². The molecular weight excluding hydrogens is 677 g/mol. The number of carbonyl (C=O) groups is 2. The van der Waals surface area contributed by atoms with Crippen LogP contribution in [0.4, 0.5) is 0 Å². The van der Waals surface area contributed by atoms with Gasteiger partial charge in [0.15, 0.2) is 0 Å². The maximum absolute atomic E-state index is 13.1. The summed E-state index contributed by atoms with van der Waals surface area (Å²) in [5, 5.41) is 0. The van der Waals surface area contributed by atoms with E-state index in [1.807, 2.05) is 0 Å². The molecule has 0 saturated carbocycles. The topological polar surface area (TPSA) is 52.6 Å². The molecule has 1 unspecified atom stereocenters. The Morgan fingerprint density at radius 1 is 0.364 bits per heavy atom. The SMILES string of the molecule is CCCCCCCCCCCCCCCCC/C=C/CCC(CC(=O)OCCCCCCCCCCCCC)C(=O)OCCCCCCCCCCCCC. The first-order valence-corrected chi connectivity index (χ1v) is 25.1. The van der Waals surface area contributed by atoms with E-state index >= 15 is 0 Å². The Morgan fingerprint density at radius 2 is 0.655 bits per heavy atom. The third-order valence-corrected chi connectivity index (χ3v) is 11.6. The predicted molar refractivity (Wildman–Crippen MR) is 241 cm³/mol. The van der Waals surface area contributed by atoms with Crippen LogP contribution in [0, 0.1) is 5.92 Å². The Bertz CT molecular complexity index is 792. The maximum atomic E-state index is 13.1. The predicted octanol–water partition coefficient (Wildman–Crippen LogP) is 17.3. The Morgan fingerprint density at radius 3 is 1.02 bits per heavy atom. The number of allylic oxidation sites excluding steroid dienone is 2. The van der Waals surface area contributed by atoms with Crippen molar-refractivity contribution in [3.63, 3.8) is 0 Å². The Kier molecular flexibility index (Phi) is 45.9. The normalized spacial score (nSPS) is 12.1. The summed E-state index contributed by atoms with van der Waals surface area (Å²) in [7, 11) is 0. The van der Waals surface area contributed by atoms with Crippen LogP contribution >= 0.6 is 0 Å². The lowest BCUT2D eigenvalue weighted by molar-refractivity contribution is -0.155. The summed E-state index contributed by atoms with van der Waals surface area (Å²) in [4.78, 5) is 25.9. The average molecular weight is 775 g/mol. The molecule has 0 amide bonds. The van der Waals surface area contributed by atoms with Crippen molar-refractivity contribution >= 4 is 11.9 Å². The van der Waals surface area contributed by atoms with Crippen molar-refractivity contribution in [2.24, 2.45) is 5.92 Å². The van der Waals surface area contributed by atoms with Crippen LogP contribution in [-0.2, 0) is 19.1 Å². The molecule has 0 aromatic rings. The van der Waals surface area contributed by atoms with E-state index in [2.05, 4.69) is 32.9 Å². The van der Waals surface area contributed by atoms with Crippen molar-refractivity contribution in [3.05, 3.63) is 12.2 Å². The molecular formula is C51H98O4. The van der Waals surface area contributed by atoms with Crippen molar-refractivity contribution in [3.8, 4) is 0 Å². The third kappa shape index (κ3) is 43.6. The molecule has 0 heterocycles. The minimum atomic E-state index is -0.409. The zero-order valence-electron chi connectivity index (χ0n) is 37.8. The highest BCUT2D eigenvalue weighted by atomic mass is 16.5. The van der Waals surface area contributed by atoms with Crippen LogP contribution in [0.1, 0.15) is 284 Å². The number of unbranched alkanes of at least 4 members (excludes halogenated alkanes) is 35. The van der Waals surface area contributed by atoms with Crippen molar-refractivity contribution in [1.82, 2.24) is 0 Å². The minimum Gasteiger partial charge on any atom is -0.466 e. The second-order valence-electron chi connectivity index (χ2n) is 17.1. The van der Waals surface area contributed by atoms with Crippen molar-refractivity contribution in [1.29, 1.82) is 0 Å². The van der Waals surface area contributed by atoms with Crippen molar-refractivity contribution < 1.29 is 19.1 Å². The second kappa shape index (κ2) is 47.1. The van der Waals surface area contributed by atoms with Gasteiger partial charge in [-0.3, -0.25) is 9.59 Å². The lowest BCUT2D eigenvalue weighted by Gasteiger charge is -2.15. The molecule has 0 spiro atoms. The number of ether oxygens (including phenoxy) is 2. The standard InChI is InChI=1S/C51H98O4/c1-4-7-10-13-16-19-22-23-24-25-26-27-28-29-30-33-36-39-42-45-49(51(53)55-47-44-41-38-35-32-21-18-15-12-9-6-3)48-50(52)54-46-43-40-37-34-31-20-17-14-11-8-5-2/h36,39,49H,4-35,37-38,40-48H2,1-3H3/b39-36+. The third-order valence-electron chi connectivity index (χ3n) is 11.6. The van der Waals surface area contributed by atoms with Crippen LogP contribution in [0.15, 0.2) is 12.2 Å². The second-order valence-corrected chi connectivity index (χ2v) is 17.1. The van der Waals surface area contributed by atoms with Crippen LogP contribution in [0.2, 0.25) is 0 Å². The van der Waals surface area contributed by atoms with E-state index in [1.54, 1.807) is 0 Å². The lowest BCUT2D eigenvalue weighted by atomic mass is 9.99. The Balaban J connectivity index is 4.23. The van der Waals surface area contributed by atoms with Crippen LogP contribution in [0.25, 0.3) is 0 Å². The van der Waals surface area contributed by atoms with E-state index < -0.39 is 5.92 Å². The zero-order valence-corrected chi connectivity index (χ0v) is 37.8. The van der Waals surface area contributed by atoms with Crippen LogP contribution in [0.5, 0.6) is 0 Å². The van der Waals surface area contributed by atoms with Gasteiger partial charge in [-0.2, -0.15) is 0 Å². The number of rotatable bonds is 46. The largest absolute Gasteiger partial charge is 0.466 e. The summed E-state index contributed by atoms with van der Waals surface area (Å²) in [5.74, 6) is -0.868. The first kappa shape index (κ1) is 53.7. The van der Waals surface area contributed by atoms with E-state index in [1.165, 1.54) is 212 Å². The molecule has 0 aliphatic heterocycles. The molecule has 326 valence electrons. The molecule has 4 heteroatoms. The quantitative estimate of drug-likeness (QED) is 0.0351. The summed E-state index contributed by atoms with van der Waals surface area (Å²) >= 11 is 0.